The number of carbonyl (C=O) groups excluding carboxylic acids is 5. The zero-order valence-corrected chi connectivity index (χ0v) is 23.4. The molecule has 11 heteroatoms. The van der Waals surface area contributed by atoms with Crippen LogP contribution in [-0.4, -0.2) is 59.2 Å². The van der Waals surface area contributed by atoms with Gasteiger partial charge in [-0.25, -0.2) is 4.79 Å². The van der Waals surface area contributed by atoms with Crippen molar-refractivity contribution in [2.75, 3.05) is 11.5 Å². The van der Waals surface area contributed by atoms with Crippen molar-refractivity contribution < 1.29 is 28.7 Å². The molecule has 3 N–H and O–H groups in total. The third kappa shape index (κ3) is 9.14. The Kier molecular flexibility index (Phi) is 12.3. The first-order chi connectivity index (χ1) is 17.0. The smallest absolute Gasteiger partial charge is 0.329 e. The van der Waals surface area contributed by atoms with Crippen molar-refractivity contribution in [2.24, 2.45) is 17.8 Å². The van der Waals surface area contributed by atoms with E-state index in [1.54, 1.807) is 31.6 Å². The Balaban J connectivity index is 2.52. The van der Waals surface area contributed by atoms with E-state index in [9.17, 15) is 24.0 Å². The van der Waals surface area contributed by atoms with Gasteiger partial charge >= 0.3 is 5.97 Å². The van der Waals surface area contributed by atoms with Crippen LogP contribution >= 0.6 is 21.6 Å². The van der Waals surface area contributed by atoms with Gasteiger partial charge in [0.05, 0.1) is 18.4 Å². The third-order valence-corrected chi connectivity index (χ3v) is 8.77. The van der Waals surface area contributed by atoms with Crippen LogP contribution in [-0.2, 0) is 28.7 Å². The molecule has 0 aromatic rings. The molecule has 2 bridgehead atoms. The number of amides is 3. The summed E-state index contributed by atoms with van der Waals surface area (Å²) in [5, 5.41) is 8.15. The molecule has 202 valence electrons. The monoisotopic (exact) mass is 541 g/mol. The van der Waals surface area contributed by atoms with Crippen LogP contribution < -0.4 is 16.0 Å². The molecule has 0 saturated carbocycles. The summed E-state index contributed by atoms with van der Waals surface area (Å²) in [6.45, 7) is 8.85. The van der Waals surface area contributed by atoms with Gasteiger partial charge in [-0.15, -0.1) is 0 Å². The van der Waals surface area contributed by atoms with Crippen LogP contribution in [0.3, 0.4) is 0 Å². The van der Waals surface area contributed by atoms with Crippen molar-refractivity contribution in [3.8, 4) is 0 Å². The first kappa shape index (κ1) is 30.2. The molecule has 2 aliphatic rings. The number of hydrogen-bond donors (Lipinski definition) is 3. The van der Waals surface area contributed by atoms with Gasteiger partial charge in [-0.2, -0.15) is 0 Å². The molecule has 4 atom stereocenters. The van der Waals surface area contributed by atoms with Crippen molar-refractivity contribution >= 4 is 51.1 Å². The molecule has 0 aromatic carbocycles. The number of rotatable bonds is 2. The molecule has 2 heterocycles. The first-order valence-electron chi connectivity index (χ1n) is 12.6. The molecule has 0 aliphatic carbocycles. The molecule has 36 heavy (non-hydrogen) atoms. The van der Waals surface area contributed by atoms with Gasteiger partial charge in [0.25, 0.3) is 5.91 Å². The first-order valence-corrected chi connectivity index (χ1v) is 15.1. The lowest BCUT2D eigenvalue weighted by Gasteiger charge is -2.27. The molecule has 9 nitrogen and oxygen atoms in total. The van der Waals surface area contributed by atoms with Crippen LogP contribution in [0.1, 0.15) is 66.7 Å². The van der Waals surface area contributed by atoms with Gasteiger partial charge in [0.1, 0.15) is 17.8 Å². The van der Waals surface area contributed by atoms with E-state index in [-0.39, 0.29) is 42.1 Å². The fourth-order valence-corrected chi connectivity index (χ4v) is 6.49. The Morgan fingerprint density at radius 3 is 2.25 bits per heavy atom. The van der Waals surface area contributed by atoms with Crippen molar-refractivity contribution in [2.45, 2.75) is 84.9 Å². The zero-order valence-electron chi connectivity index (χ0n) is 21.8. The Morgan fingerprint density at radius 2 is 1.61 bits per heavy atom. The number of allylic oxidation sites excluding steroid dienone is 1. The van der Waals surface area contributed by atoms with Crippen molar-refractivity contribution in [1.82, 2.24) is 16.0 Å². The topological polar surface area (TPSA) is 131 Å². The SMILES string of the molecule is C/C=C1/NC(=O)[C@H]2CSSCCCC[C@H](CC(=O)N[C@H](C(C)C)C(=O)C2)OC(=O)[C@@H](C(C)C)NC1=O. The number of fused-ring (bicyclic) bond motifs is 7. The molecule has 0 aromatic heterocycles. The lowest BCUT2D eigenvalue weighted by molar-refractivity contribution is -0.156. The summed E-state index contributed by atoms with van der Waals surface area (Å²) in [5.41, 5.74) is 0.00947. The molecule has 2 aliphatic heterocycles. The molecule has 0 spiro atoms. The van der Waals surface area contributed by atoms with Crippen molar-refractivity contribution in [1.29, 1.82) is 0 Å². The van der Waals surface area contributed by atoms with Crippen molar-refractivity contribution in [3.63, 3.8) is 0 Å². The Labute approximate surface area is 221 Å². The normalized spacial score (nSPS) is 29.4. The summed E-state index contributed by atoms with van der Waals surface area (Å²) in [7, 11) is 3.14. The molecule has 3 amide bonds. The van der Waals surface area contributed by atoms with Crippen molar-refractivity contribution in [3.05, 3.63) is 11.8 Å². The number of esters is 1. The van der Waals surface area contributed by atoms with E-state index >= 15 is 0 Å². The van der Waals surface area contributed by atoms with E-state index in [2.05, 4.69) is 16.0 Å². The molecular formula is C25H39N3O6S2. The summed E-state index contributed by atoms with van der Waals surface area (Å²) >= 11 is 0. The highest BCUT2D eigenvalue weighted by atomic mass is 33.1. The van der Waals surface area contributed by atoms with Gasteiger partial charge in [-0.3, -0.25) is 19.2 Å². The number of hydrogen-bond acceptors (Lipinski definition) is 8. The summed E-state index contributed by atoms with van der Waals surface area (Å²) in [5.74, 6) is -2.27. The van der Waals surface area contributed by atoms with Crippen LogP contribution in [0.2, 0.25) is 0 Å². The molecular weight excluding hydrogens is 502 g/mol. The fraction of sp³-hybridized carbons (Fsp3) is 0.720. The second kappa shape index (κ2) is 14.7. The van der Waals surface area contributed by atoms with Gasteiger partial charge in [0.2, 0.25) is 11.8 Å². The number of nitrogens with one attached hydrogen (secondary N) is 3. The number of ketones is 1. The van der Waals surface area contributed by atoms with Gasteiger partial charge in [-0.05, 0) is 38.0 Å². The van der Waals surface area contributed by atoms with E-state index in [1.807, 2.05) is 13.8 Å². The molecule has 0 unspecified atom stereocenters. The molecule has 2 saturated heterocycles. The summed E-state index contributed by atoms with van der Waals surface area (Å²) < 4.78 is 5.75. The van der Waals surface area contributed by atoms with E-state index in [0.29, 0.717) is 12.2 Å². The minimum absolute atomic E-state index is 0.00947. The minimum Gasteiger partial charge on any atom is -0.460 e. The van der Waals surface area contributed by atoms with E-state index in [0.717, 1.165) is 18.6 Å². The molecule has 0 radical (unpaired) electrons. The van der Waals surface area contributed by atoms with Crippen LogP contribution in [0.4, 0.5) is 0 Å². The Hall–Kier alpha value is -2.01. The predicted octanol–water partition coefficient (Wildman–Crippen LogP) is 2.74. The highest BCUT2D eigenvalue weighted by Gasteiger charge is 2.34. The van der Waals surface area contributed by atoms with E-state index < -0.39 is 41.9 Å². The fourth-order valence-electron chi connectivity index (χ4n) is 4.03. The molecule has 2 rings (SSSR count). The van der Waals surface area contributed by atoms with Crippen LogP contribution in [0, 0.1) is 17.8 Å². The van der Waals surface area contributed by atoms with Gasteiger partial charge in [-0.1, -0.05) is 55.4 Å². The Morgan fingerprint density at radius 1 is 0.917 bits per heavy atom. The highest BCUT2D eigenvalue weighted by Crippen LogP contribution is 2.28. The number of Topliss-reactive ketones (excluding diaryl/α,β-unsaturated/α-hetero) is 1. The second-order valence-electron chi connectivity index (χ2n) is 9.91. The predicted molar refractivity (Wildman–Crippen MR) is 142 cm³/mol. The summed E-state index contributed by atoms with van der Waals surface area (Å²) in [4.78, 5) is 65.5. The van der Waals surface area contributed by atoms with Gasteiger partial charge < -0.3 is 20.7 Å². The van der Waals surface area contributed by atoms with Crippen LogP contribution in [0.5, 0.6) is 0 Å². The van der Waals surface area contributed by atoms with Gasteiger partial charge in [0, 0.05) is 17.9 Å². The maximum Gasteiger partial charge on any atom is 0.329 e. The van der Waals surface area contributed by atoms with Crippen LogP contribution in [0.15, 0.2) is 11.8 Å². The minimum atomic E-state index is -0.953. The average Bonchev–Trinajstić information content (AvgIpc) is 2.81. The average molecular weight is 542 g/mol. The summed E-state index contributed by atoms with van der Waals surface area (Å²) in [6.07, 6.45) is 2.74. The summed E-state index contributed by atoms with van der Waals surface area (Å²) in [6, 6.07) is -1.72. The van der Waals surface area contributed by atoms with Gasteiger partial charge in [0.15, 0.2) is 5.78 Å². The lowest BCUT2D eigenvalue weighted by Crippen LogP contribution is -2.50. The maximum absolute atomic E-state index is 13.2. The number of carbonyl (C=O) groups is 5. The molecule has 2 fully saturated rings. The maximum atomic E-state index is 13.2. The van der Waals surface area contributed by atoms with E-state index in [1.165, 1.54) is 16.9 Å². The van der Waals surface area contributed by atoms with E-state index in [4.69, 9.17) is 4.74 Å². The number of ether oxygens (including phenoxy) is 1. The van der Waals surface area contributed by atoms with Crippen LogP contribution in [0.25, 0.3) is 0 Å². The highest BCUT2D eigenvalue weighted by molar-refractivity contribution is 8.76. The second-order valence-corrected chi connectivity index (χ2v) is 12.5. The quantitative estimate of drug-likeness (QED) is 0.276. The lowest BCUT2D eigenvalue weighted by atomic mass is 9.92. The Bertz CT molecular complexity index is 861. The third-order valence-electron chi connectivity index (χ3n) is 6.20. The largest absolute Gasteiger partial charge is 0.460 e. The zero-order chi connectivity index (χ0) is 26.8. The standard InChI is InChI=1S/C25H39N3O6S2/c1-6-18-24(32)28-22(15(4)5)25(33)34-17-9-7-8-10-35-36-13-16(23(31)26-18)11-19(29)21(14(2)3)27-20(30)12-17/h6,14-17,21-22H,7-13H2,1-5H3,(H,26,31)(H,27,30)(H,28,32)/b18-6+/t16-,17-,21-,22-/m1/s1.